The quantitative estimate of drug-likeness (QED) is 0.753. The van der Waals surface area contributed by atoms with Crippen molar-refractivity contribution in [3.05, 3.63) is 35.4 Å². The van der Waals surface area contributed by atoms with Crippen LogP contribution in [0.3, 0.4) is 0 Å². The third-order valence-electron chi connectivity index (χ3n) is 2.82. The van der Waals surface area contributed by atoms with Crippen molar-refractivity contribution in [3.63, 3.8) is 0 Å². The van der Waals surface area contributed by atoms with Crippen LogP contribution in [-0.2, 0) is 12.8 Å². The van der Waals surface area contributed by atoms with E-state index in [1.165, 1.54) is 38.5 Å². The zero-order valence-electron chi connectivity index (χ0n) is 9.84. The molecule has 0 atom stereocenters. The van der Waals surface area contributed by atoms with Gasteiger partial charge in [-0.2, -0.15) is 0 Å². The second-order valence-electron chi connectivity index (χ2n) is 4.12. The van der Waals surface area contributed by atoms with Crippen molar-refractivity contribution in [1.29, 1.82) is 0 Å². The molecule has 0 saturated carbocycles. The maximum atomic E-state index is 5.21. The van der Waals surface area contributed by atoms with E-state index in [0.29, 0.717) is 0 Å². The molecular formula is C14H23N. The fraction of sp³-hybridized carbons (Fsp3) is 0.571. The van der Waals surface area contributed by atoms with Gasteiger partial charge >= 0.3 is 0 Å². The monoisotopic (exact) mass is 205 g/mol. The Kier molecular flexibility index (Phi) is 6.10. The summed E-state index contributed by atoms with van der Waals surface area (Å²) >= 11 is 0. The SMILES string of the molecule is CCCCCN.c1ccc2c(c1)CCC2. The summed E-state index contributed by atoms with van der Waals surface area (Å²) in [5, 5.41) is 0. The second-order valence-corrected chi connectivity index (χ2v) is 4.12. The Morgan fingerprint density at radius 1 is 1.07 bits per heavy atom. The van der Waals surface area contributed by atoms with E-state index in [1.54, 1.807) is 11.1 Å². The molecule has 1 heteroatoms. The van der Waals surface area contributed by atoms with Gasteiger partial charge in [-0.05, 0) is 43.4 Å². The Bertz CT molecular complexity index is 241. The largest absolute Gasteiger partial charge is 0.330 e. The molecule has 1 aliphatic rings. The molecule has 1 aromatic rings. The van der Waals surface area contributed by atoms with E-state index in [0.717, 1.165) is 6.54 Å². The summed E-state index contributed by atoms with van der Waals surface area (Å²) in [5.41, 5.74) is 8.35. The van der Waals surface area contributed by atoms with Gasteiger partial charge in [0, 0.05) is 0 Å². The molecule has 0 fully saturated rings. The zero-order chi connectivity index (χ0) is 10.9. The smallest absolute Gasteiger partial charge is 0.00773 e. The van der Waals surface area contributed by atoms with Gasteiger partial charge < -0.3 is 5.73 Å². The number of nitrogens with two attached hydrogens (primary N) is 1. The van der Waals surface area contributed by atoms with Crippen molar-refractivity contribution in [3.8, 4) is 0 Å². The van der Waals surface area contributed by atoms with E-state index >= 15 is 0 Å². The van der Waals surface area contributed by atoms with Gasteiger partial charge in [0.2, 0.25) is 0 Å². The van der Waals surface area contributed by atoms with Gasteiger partial charge in [0.25, 0.3) is 0 Å². The molecule has 84 valence electrons. The van der Waals surface area contributed by atoms with E-state index in [4.69, 9.17) is 5.73 Å². The Balaban J connectivity index is 0.000000167. The minimum absolute atomic E-state index is 0.855. The molecule has 15 heavy (non-hydrogen) atoms. The predicted octanol–water partition coefficient (Wildman–Crippen LogP) is 3.31. The van der Waals surface area contributed by atoms with E-state index in [1.807, 2.05) is 0 Å². The highest BCUT2D eigenvalue weighted by Gasteiger charge is 2.07. The Morgan fingerprint density at radius 3 is 2.07 bits per heavy atom. The standard InChI is InChI=1S/C9H10.C5H13N/c1-2-5-9-7-3-6-8(9)4-1;1-2-3-4-5-6/h1-2,4-5H,3,6-7H2;2-6H2,1H3. The van der Waals surface area contributed by atoms with E-state index in [-0.39, 0.29) is 0 Å². The first kappa shape index (κ1) is 12.3. The van der Waals surface area contributed by atoms with Crippen molar-refractivity contribution >= 4 is 0 Å². The van der Waals surface area contributed by atoms with Crippen LogP contribution in [0.2, 0.25) is 0 Å². The van der Waals surface area contributed by atoms with E-state index in [2.05, 4.69) is 31.2 Å². The molecule has 0 aliphatic heterocycles. The lowest BCUT2D eigenvalue weighted by molar-refractivity contribution is 0.727. The number of unbranched alkanes of at least 4 members (excludes halogenated alkanes) is 2. The average Bonchev–Trinajstić information content (AvgIpc) is 2.75. The first-order chi connectivity index (χ1) is 7.38. The van der Waals surface area contributed by atoms with E-state index in [9.17, 15) is 0 Å². The Hall–Kier alpha value is -0.820. The molecular weight excluding hydrogens is 182 g/mol. The predicted molar refractivity (Wildman–Crippen MR) is 67.0 cm³/mol. The second kappa shape index (κ2) is 7.47. The van der Waals surface area contributed by atoms with Crippen LogP contribution < -0.4 is 5.73 Å². The molecule has 0 amide bonds. The van der Waals surface area contributed by atoms with Gasteiger partial charge in [0.1, 0.15) is 0 Å². The average molecular weight is 205 g/mol. The molecule has 1 aromatic carbocycles. The van der Waals surface area contributed by atoms with Crippen LogP contribution in [0.4, 0.5) is 0 Å². The normalized spacial score (nSPS) is 12.9. The summed E-state index contributed by atoms with van der Waals surface area (Å²) in [6, 6.07) is 8.74. The summed E-state index contributed by atoms with van der Waals surface area (Å²) in [6.07, 6.45) is 7.72. The molecule has 0 spiro atoms. The molecule has 1 aliphatic carbocycles. The van der Waals surface area contributed by atoms with Crippen molar-refractivity contribution in [2.45, 2.75) is 45.4 Å². The maximum absolute atomic E-state index is 5.21. The Morgan fingerprint density at radius 2 is 1.67 bits per heavy atom. The minimum Gasteiger partial charge on any atom is -0.330 e. The number of benzene rings is 1. The third-order valence-corrected chi connectivity index (χ3v) is 2.82. The van der Waals surface area contributed by atoms with Crippen molar-refractivity contribution in [2.24, 2.45) is 5.73 Å². The van der Waals surface area contributed by atoms with Crippen LogP contribution in [0.1, 0.15) is 43.7 Å². The van der Waals surface area contributed by atoms with Gasteiger partial charge in [-0.15, -0.1) is 0 Å². The molecule has 1 nitrogen and oxygen atoms in total. The number of hydrogen-bond acceptors (Lipinski definition) is 1. The third kappa shape index (κ3) is 4.48. The summed E-state index contributed by atoms with van der Waals surface area (Å²) in [7, 11) is 0. The summed E-state index contributed by atoms with van der Waals surface area (Å²) < 4.78 is 0. The number of rotatable bonds is 3. The lowest BCUT2D eigenvalue weighted by Crippen LogP contribution is -1.96. The van der Waals surface area contributed by atoms with Crippen LogP contribution in [0.5, 0.6) is 0 Å². The first-order valence-electron chi connectivity index (χ1n) is 6.15. The van der Waals surface area contributed by atoms with Crippen molar-refractivity contribution in [2.75, 3.05) is 6.54 Å². The van der Waals surface area contributed by atoms with Crippen LogP contribution in [0.25, 0.3) is 0 Å². The van der Waals surface area contributed by atoms with Gasteiger partial charge in [-0.3, -0.25) is 0 Å². The van der Waals surface area contributed by atoms with Crippen LogP contribution in [-0.4, -0.2) is 6.54 Å². The van der Waals surface area contributed by atoms with Crippen molar-refractivity contribution < 1.29 is 0 Å². The van der Waals surface area contributed by atoms with E-state index < -0.39 is 0 Å². The van der Waals surface area contributed by atoms with Gasteiger partial charge in [-0.1, -0.05) is 44.0 Å². The molecule has 0 heterocycles. The summed E-state index contributed by atoms with van der Waals surface area (Å²) in [6.45, 7) is 3.03. The Labute approximate surface area is 93.7 Å². The number of fused-ring (bicyclic) bond motifs is 1. The highest BCUT2D eigenvalue weighted by molar-refractivity contribution is 5.30. The van der Waals surface area contributed by atoms with Crippen LogP contribution >= 0.6 is 0 Å². The minimum atomic E-state index is 0.855. The topological polar surface area (TPSA) is 26.0 Å². The zero-order valence-corrected chi connectivity index (χ0v) is 9.84. The first-order valence-corrected chi connectivity index (χ1v) is 6.15. The number of aryl methyl sites for hydroxylation is 2. The molecule has 2 N–H and O–H groups in total. The molecule has 0 unspecified atom stereocenters. The van der Waals surface area contributed by atoms with Crippen LogP contribution in [0, 0.1) is 0 Å². The highest BCUT2D eigenvalue weighted by atomic mass is 14.5. The highest BCUT2D eigenvalue weighted by Crippen LogP contribution is 2.20. The molecule has 2 rings (SSSR count). The molecule has 0 aromatic heterocycles. The molecule has 0 bridgehead atoms. The van der Waals surface area contributed by atoms with Crippen molar-refractivity contribution in [1.82, 2.24) is 0 Å². The fourth-order valence-corrected chi connectivity index (χ4v) is 1.91. The van der Waals surface area contributed by atoms with Gasteiger partial charge in [0.15, 0.2) is 0 Å². The molecule has 0 radical (unpaired) electrons. The fourth-order valence-electron chi connectivity index (χ4n) is 1.91. The lowest BCUT2D eigenvalue weighted by atomic mass is 10.1. The van der Waals surface area contributed by atoms with Gasteiger partial charge in [0.05, 0.1) is 0 Å². The maximum Gasteiger partial charge on any atom is -0.00773 e. The summed E-state index contributed by atoms with van der Waals surface area (Å²) in [4.78, 5) is 0. The molecule has 0 saturated heterocycles. The summed E-state index contributed by atoms with van der Waals surface area (Å²) in [5.74, 6) is 0. The number of hydrogen-bond donors (Lipinski definition) is 1. The lowest BCUT2D eigenvalue weighted by Gasteiger charge is -1.93. The van der Waals surface area contributed by atoms with Crippen LogP contribution in [0.15, 0.2) is 24.3 Å². The van der Waals surface area contributed by atoms with Gasteiger partial charge in [-0.25, -0.2) is 0 Å².